The molecular weight excluding hydrogens is 392 g/mol. The molecule has 0 aliphatic rings. The van der Waals surface area contributed by atoms with Crippen molar-refractivity contribution in [2.75, 3.05) is 0 Å². The number of aryl methyl sites for hydroxylation is 3. The predicted octanol–water partition coefficient (Wildman–Crippen LogP) is 4.84. The first-order chi connectivity index (χ1) is 13.4. The average molecular weight is 411 g/mol. The van der Waals surface area contributed by atoms with Crippen molar-refractivity contribution in [3.8, 4) is 5.69 Å². The SMILES string of the molecule is Cc1ccc(Cn2c(=O)n(-c3ccc(Cl)cc3)c(=O)c3c(C)c(C)sc32)cc1. The topological polar surface area (TPSA) is 44.0 Å². The van der Waals surface area contributed by atoms with Gasteiger partial charge >= 0.3 is 5.69 Å². The number of benzene rings is 2. The van der Waals surface area contributed by atoms with E-state index in [1.807, 2.05) is 45.0 Å². The van der Waals surface area contributed by atoms with E-state index in [2.05, 4.69) is 0 Å². The van der Waals surface area contributed by atoms with Crippen molar-refractivity contribution < 1.29 is 0 Å². The van der Waals surface area contributed by atoms with Crippen LogP contribution in [0.1, 0.15) is 21.6 Å². The Labute approximate surface area is 171 Å². The molecule has 4 nitrogen and oxygen atoms in total. The fourth-order valence-electron chi connectivity index (χ4n) is 3.29. The molecule has 0 bridgehead atoms. The number of nitrogens with zero attached hydrogens (tertiary/aromatic N) is 2. The van der Waals surface area contributed by atoms with Crippen LogP contribution < -0.4 is 11.2 Å². The molecule has 0 N–H and O–H groups in total. The summed E-state index contributed by atoms with van der Waals surface area (Å²) < 4.78 is 2.94. The number of aromatic nitrogens is 2. The highest BCUT2D eigenvalue weighted by atomic mass is 35.5. The zero-order valence-corrected chi connectivity index (χ0v) is 17.4. The lowest BCUT2D eigenvalue weighted by atomic mass is 10.1. The van der Waals surface area contributed by atoms with Gasteiger partial charge < -0.3 is 0 Å². The normalized spacial score (nSPS) is 11.3. The molecule has 2 heterocycles. The third kappa shape index (κ3) is 3.11. The summed E-state index contributed by atoms with van der Waals surface area (Å²) in [7, 11) is 0. The Balaban J connectivity index is 2.04. The fourth-order valence-corrected chi connectivity index (χ4v) is 4.56. The van der Waals surface area contributed by atoms with Gasteiger partial charge in [-0.3, -0.25) is 9.36 Å². The Kier molecular flexibility index (Phi) is 4.73. The first-order valence-electron chi connectivity index (χ1n) is 8.94. The third-order valence-corrected chi connectivity index (χ3v) is 6.48. The van der Waals surface area contributed by atoms with Crippen molar-refractivity contribution >= 4 is 33.2 Å². The third-order valence-electron chi connectivity index (χ3n) is 5.00. The summed E-state index contributed by atoms with van der Waals surface area (Å²) in [4.78, 5) is 28.4. The summed E-state index contributed by atoms with van der Waals surface area (Å²) in [5.41, 5.74) is 2.98. The van der Waals surface area contributed by atoms with Crippen LogP contribution in [0.2, 0.25) is 5.02 Å². The van der Waals surface area contributed by atoms with E-state index in [1.165, 1.54) is 15.9 Å². The molecule has 0 spiro atoms. The Bertz CT molecular complexity index is 1300. The second-order valence-electron chi connectivity index (χ2n) is 6.93. The number of hydrogen-bond acceptors (Lipinski definition) is 3. The maximum absolute atomic E-state index is 13.4. The molecule has 0 saturated carbocycles. The molecule has 2 aromatic carbocycles. The van der Waals surface area contributed by atoms with Crippen molar-refractivity contribution in [2.24, 2.45) is 0 Å². The molecule has 28 heavy (non-hydrogen) atoms. The van der Waals surface area contributed by atoms with Crippen molar-refractivity contribution in [2.45, 2.75) is 27.3 Å². The van der Waals surface area contributed by atoms with Gasteiger partial charge in [0.15, 0.2) is 0 Å². The molecule has 0 saturated heterocycles. The van der Waals surface area contributed by atoms with E-state index >= 15 is 0 Å². The van der Waals surface area contributed by atoms with Gasteiger partial charge in [0.25, 0.3) is 5.56 Å². The average Bonchev–Trinajstić information content (AvgIpc) is 2.97. The molecular formula is C22H19ClN2O2S. The number of thiophene rings is 1. The van der Waals surface area contributed by atoms with Gasteiger partial charge in [-0.1, -0.05) is 41.4 Å². The zero-order valence-electron chi connectivity index (χ0n) is 15.8. The summed E-state index contributed by atoms with van der Waals surface area (Å²) in [6.07, 6.45) is 0. The highest BCUT2D eigenvalue weighted by molar-refractivity contribution is 7.18. The number of halogens is 1. The molecule has 0 fully saturated rings. The van der Waals surface area contributed by atoms with Crippen LogP contribution in [0.4, 0.5) is 0 Å². The van der Waals surface area contributed by atoms with Gasteiger partial charge in [0, 0.05) is 9.90 Å². The smallest absolute Gasteiger partial charge is 0.280 e. The van der Waals surface area contributed by atoms with E-state index in [4.69, 9.17) is 11.6 Å². The van der Waals surface area contributed by atoms with Gasteiger partial charge in [-0.25, -0.2) is 9.36 Å². The molecule has 4 rings (SSSR count). The Morgan fingerprint density at radius 1 is 0.929 bits per heavy atom. The lowest BCUT2D eigenvalue weighted by Crippen LogP contribution is -2.38. The second-order valence-corrected chi connectivity index (χ2v) is 8.57. The molecule has 0 atom stereocenters. The summed E-state index contributed by atoms with van der Waals surface area (Å²) in [5, 5.41) is 1.16. The molecule has 0 amide bonds. The molecule has 0 radical (unpaired) electrons. The van der Waals surface area contributed by atoms with Crippen LogP contribution in [0.5, 0.6) is 0 Å². The van der Waals surface area contributed by atoms with Crippen LogP contribution in [-0.2, 0) is 6.54 Å². The minimum atomic E-state index is -0.346. The van der Waals surface area contributed by atoms with E-state index in [0.717, 1.165) is 26.4 Å². The van der Waals surface area contributed by atoms with Gasteiger partial charge in [-0.2, -0.15) is 0 Å². The molecule has 0 unspecified atom stereocenters. The first kappa shape index (κ1) is 18.7. The molecule has 0 aliphatic heterocycles. The van der Waals surface area contributed by atoms with Gasteiger partial charge in [0.2, 0.25) is 0 Å². The Morgan fingerprint density at radius 2 is 1.57 bits per heavy atom. The van der Waals surface area contributed by atoms with Gasteiger partial charge in [-0.15, -0.1) is 11.3 Å². The lowest BCUT2D eigenvalue weighted by molar-refractivity contribution is 0.719. The maximum Gasteiger partial charge on any atom is 0.337 e. The minimum Gasteiger partial charge on any atom is -0.280 e. The summed E-state index contributed by atoms with van der Waals surface area (Å²) in [6.45, 7) is 6.35. The van der Waals surface area contributed by atoms with Crippen LogP contribution in [-0.4, -0.2) is 9.13 Å². The fraction of sp³-hybridized carbons (Fsp3) is 0.182. The Hall–Kier alpha value is -2.63. The lowest BCUT2D eigenvalue weighted by Gasteiger charge is -2.13. The largest absolute Gasteiger partial charge is 0.337 e. The van der Waals surface area contributed by atoms with Crippen molar-refractivity contribution in [3.63, 3.8) is 0 Å². The van der Waals surface area contributed by atoms with Crippen molar-refractivity contribution in [1.29, 1.82) is 0 Å². The highest BCUT2D eigenvalue weighted by Gasteiger charge is 2.19. The number of fused-ring (bicyclic) bond motifs is 1. The van der Waals surface area contributed by atoms with E-state index in [0.29, 0.717) is 22.6 Å². The van der Waals surface area contributed by atoms with Gasteiger partial charge in [-0.05, 0) is 56.2 Å². The van der Waals surface area contributed by atoms with Crippen molar-refractivity contribution in [3.05, 3.63) is 96.0 Å². The molecule has 4 aromatic rings. The zero-order chi connectivity index (χ0) is 20.0. The number of rotatable bonds is 3. The second kappa shape index (κ2) is 7.08. The monoisotopic (exact) mass is 410 g/mol. The van der Waals surface area contributed by atoms with Crippen LogP contribution in [0.3, 0.4) is 0 Å². The van der Waals surface area contributed by atoms with Gasteiger partial charge in [0.05, 0.1) is 17.6 Å². The van der Waals surface area contributed by atoms with E-state index in [-0.39, 0.29) is 11.2 Å². The molecule has 0 aliphatic carbocycles. The standard InChI is InChI=1S/C22H19ClN2O2S/c1-13-4-6-16(7-5-13)12-24-21-19(14(2)15(3)28-21)20(26)25(22(24)27)18-10-8-17(23)9-11-18/h4-11H,12H2,1-3H3. The quantitative estimate of drug-likeness (QED) is 0.485. The van der Waals surface area contributed by atoms with Crippen LogP contribution in [0.25, 0.3) is 15.9 Å². The summed E-state index contributed by atoms with van der Waals surface area (Å²) >= 11 is 7.48. The van der Waals surface area contributed by atoms with Crippen LogP contribution in [0.15, 0.2) is 58.1 Å². The van der Waals surface area contributed by atoms with E-state index in [9.17, 15) is 9.59 Å². The molecule has 6 heteroatoms. The van der Waals surface area contributed by atoms with E-state index in [1.54, 1.807) is 28.8 Å². The highest BCUT2D eigenvalue weighted by Crippen LogP contribution is 2.27. The van der Waals surface area contributed by atoms with Crippen LogP contribution >= 0.6 is 22.9 Å². The number of hydrogen-bond donors (Lipinski definition) is 0. The maximum atomic E-state index is 13.4. The summed E-state index contributed by atoms with van der Waals surface area (Å²) in [5.74, 6) is 0. The minimum absolute atomic E-state index is 0.288. The van der Waals surface area contributed by atoms with Crippen LogP contribution in [0, 0.1) is 20.8 Å². The first-order valence-corrected chi connectivity index (χ1v) is 10.1. The van der Waals surface area contributed by atoms with Crippen molar-refractivity contribution in [1.82, 2.24) is 9.13 Å². The van der Waals surface area contributed by atoms with E-state index < -0.39 is 0 Å². The van der Waals surface area contributed by atoms with Gasteiger partial charge in [0.1, 0.15) is 4.83 Å². The Morgan fingerprint density at radius 3 is 2.21 bits per heavy atom. The predicted molar refractivity (Wildman–Crippen MR) is 116 cm³/mol. The summed E-state index contributed by atoms with van der Waals surface area (Å²) in [6, 6.07) is 14.8. The molecule has 2 aromatic heterocycles. The molecule has 142 valence electrons.